The molecule has 0 aliphatic carbocycles. The Bertz CT molecular complexity index is 512. The number of hydrogen-bond acceptors (Lipinski definition) is 7. The van der Waals surface area contributed by atoms with E-state index in [1.807, 2.05) is 0 Å². The fraction of sp³-hybridized carbons (Fsp3) is 0.500. The average Bonchev–Trinajstić information content (AvgIpc) is 2.61. The van der Waals surface area contributed by atoms with Crippen LogP contribution in [0.5, 0.6) is 0 Å². The van der Waals surface area contributed by atoms with Crippen molar-refractivity contribution in [3.05, 3.63) is 22.5 Å². The minimum atomic E-state index is -1.66. The summed E-state index contributed by atoms with van der Waals surface area (Å²) in [5, 5.41) is 18.6. The second-order valence-electron chi connectivity index (χ2n) is 3.54. The number of aromatic nitrogens is 2. The maximum absolute atomic E-state index is 13.2. The van der Waals surface area contributed by atoms with Crippen molar-refractivity contribution in [3.8, 4) is 0 Å². The fourth-order valence-corrected chi connectivity index (χ4v) is 2.64. The number of halogens is 1. The molecule has 2 heterocycles. The van der Waals surface area contributed by atoms with Gasteiger partial charge in [0, 0.05) is 0 Å². The standard InChI is InChI=1S/C8H10FN3O5S/c9-3-1-12(8(15)11-5(3)10)6-7(14)18(16)4(2-13)17-6/h1,4,6-7,13-14,16H,2H2,(H-,10,11,15)/p+1/t4-,6+,7+,18?/m0/s1. The molecule has 0 amide bonds. The second-order valence-corrected chi connectivity index (χ2v) is 5.24. The van der Waals surface area contributed by atoms with Crippen LogP contribution in [0.15, 0.2) is 11.0 Å². The molecule has 8 nitrogen and oxygen atoms in total. The van der Waals surface area contributed by atoms with Gasteiger partial charge >= 0.3 is 5.69 Å². The van der Waals surface area contributed by atoms with E-state index in [4.69, 9.17) is 15.6 Å². The van der Waals surface area contributed by atoms with Crippen LogP contribution in [0.1, 0.15) is 6.23 Å². The molecule has 1 unspecified atom stereocenters. The zero-order valence-electron chi connectivity index (χ0n) is 8.93. The van der Waals surface area contributed by atoms with Gasteiger partial charge in [0.05, 0.1) is 6.20 Å². The summed E-state index contributed by atoms with van der Waals surface area (Å²) in [7, 11) is 0. The van der Waals surface area contributed by atoms with Gasteiger partial charge in [0.2, 0.25) is 17.4 Å². The lowest BCUT2D eigenvalue weighted by Gasteiger charge is -2.12. The number of anilines is 1. The molecule has 0 radical (unpaired) electrons. The van der Waals surface area contributed by atoms with Crippen molar-refractivity contribution in [1.29, 1.82) is 0 Å². The van der Waals surface area contributed by atoms with E-state index in [9.17, 15) is 18.8 Å². The number of ether oxygens (including phenoxy) is 1. The summed E-state index contributed by atoms with van der Waals surface area (Å²) in [6.07, 6.45) is -0.583. The molecule has 1 aromatic heterocycles. The second kappa shape index (κ2) is 4.82. The highest BCUT2D eigenvalue weighted by atomic mass is 32.2. The molecule has 1 aliphatic heterocycles. The molecule has 1 saturated heterocycles. The Morgan fingerprint density at radius 3 is 2.89 bits per heavy atom. The Morgan fingerprint density at radius 2 is 2.33 bits per heavy atom. The van der Waals surface area contributed by atoms with E-state index in [1.165, 1.54) is 0 Å². The first-order valence-corrected chi connectivity index (χ1v) is 6.16. The molecular formula is C8H11FN3O5S+. The molecule has 4 atom stereocenters. The predicted octanol–water partition coefficient (Wildman–Crippen LogP) is -1.78. The van der Waals surface area contributed by atoms with Crippen LogP contribution >= 0.6 is 0 Å². The van der Waals surface area contributed by atoms with Gasteiger partial charge in [-0.3, -0.25) is 9.30 Å². The summed E-state index contributed by atoms with van der Waals surface area (Å²) in [6, 6.07) is 0. The largest absolute Gasteiger partial charge is 0.388 e. The molecule has 1 aromatic rings. The highest BCUT2D eigenvalue weighted by molar-refractivity contribution is 7.92. The van der Waals surface area contributed by atoms with E-state index in [1.54, 1.807) is 0 Å². The Kier molecular flexibility index (Phi) is 3.54. The SMILES string of the molecule is Nc1nc(=O)n([C@@H]2O[C@H](CO)[S+](O)[C@H]2O)cc1F. The van der Waals surface area contributed by atoms with E-state index in [0.717, 1.165) is 6.20 Å². The molecule has 1 aliphatic rings. The molecule has 5 N–H and O–H groups in total. The number of aliphatic hydroxyl groups is 2. The smallest absolute Gasteiger partial charge is 0.352 e. The molecule has 1 fully saturated rings. The van der Waals surface area contributed by atoms with Crippen LogP contribution in [0.25, 0.3) is 0 Å². The molecule has 0 saturated carbocycles. The Morgan fingerprint density at radius 1 is 1.67 bits per heavy atom. The van der Waals surface area contributed by atoms with Crippen molar-refractivity contribution in [1.82, 2.24) is 9.55 Å². The predicted molar refractivity (Wildman–Crippen MR) is 59.9 cm³/mol. The minimum Gasteiger partial charge on any atom is -0.388 e. The summed E-state index contributed by atoms with van der Waals surface area (Å²) in [5.74, 6) is -1.51. The summed E-state index contributed by atoms with van der Waals surface area (Å²) < 4.78 is 28.5. The molecule has 0 aromatic carbocycles. The third kappa shape index (κ3) is 2.08. The van der Waals surface area contributed by atoms with Gasteiger partial charge in [0.15, 0.2) is 11.6 Å². The maximum Gasteiger partial charge on any atom is 0.352 e. The summed E-state index contributed by atoms with van der Waals surface area (Å²) >= 11 is -1.66. The third-order valence-corrected chi connectivity index (χ3v) is 3.94. The number of hydrogen-bond donors (Lipinski definition) is 4. The van der Waals surface area contributed by atoms with Gasteiger partial charge in [-0.05, 0) is 0 Å². The molecule has 10 heteroatoms. The molecule has 0 spiro atoms. The topological polar surface area (TPSA) is 131 Å². The van der Waals surface area contributed by atoms with Gasteiger partial charge in [-0.15, -0.1) is 0 Å². The number of nitrogens with zero attached hydrogens (tertiary/aromatic N) is 2. The minimum absolute atomic E-state index is 0.535. The van der Waals surface area contributed by atoms with E-state index in [2.05, 4.69) is 4.98 Å². The van der Waals surface area contributed by atoms with Crippen LogP contribution < -0.4 is 11.4 Å². The van der Waals surface area contributed by atoms with E-state index >= 15 is 0 Å². The van der Waals surface area contributed by atoms with Crippen molar-refractivity contribution in [3.63, 3.8) is 0 Å². The fourth-order valence-electron chi connectivity index (χ4n) is 1.52. The van der Waals surface area contributed by atoms with Gasteiger partial charge in [-0.2, -0.15) is 9.54 Å². The number of nitrogen functional groups attached to an aromatic ring is 1. The number of nitrogens with two attached hydrogens (primary N) is 1. The summed E-state index contributed by atoms with van der Waals surface area (Å²) in [5.41, 5.74) is 1.71. The van der Waals surface area contributed by atoms with Crippen LogP contribution in [-0.2, 0) is 15.9 Å². The van der Waals surface area contributed by atoms with Crippen LogP contribution in [0.4, 0.5) is 10.2 Å². The van der Waals surface area contributed by atoms with E-state index in [-0.39, 0.29) is 0 Å². The third-order valence-electron chi connectivity index (χ3n) is 2.41. The van der Waals surface area contributed by atoms with E-state index in [0.29, 0.717) is 4.57 Å². The van der Waals surface area contributed by atoms with Crippen LogP contribution in [0, 0.1) is 5.82 Å². The van der Waals surface area contributed by atoms with Gasteiger partial charge in [0.1, 0.15) is 6.61 Å². The highest BCUT2D eigenvalue weighted by Gasteiger charge is 2.54. The zero-order valence-corrected chi connectivity index (χ0v) is 9.75. The first-order chi connectivity index (χ1) is 8.45. The number of rotatable bonds is 2. The quantitative estimate of drug-likeness (QED) is 0.471. The normalized spacial score (nSPS) is 31.8. The molecule has 100 valence electrons. The lowest BCUT2D eigenvalue weighted by Crippen LogP contribution is -2.34. The van der Waals surface area contributed by atoms with Crippen molar-refractivity contribution in [2.75, 3.05) is 12.3 Å². The van der Waals surface area contributed by atoms with Gasteiger partial charge in [-0.25, -0.2) is 9.18 Å². The Hall–Kier alpha value is -1.20. The summed E-state index contributed by atoms with van der Waals surface area (Å²) in [4.78, 5) is 14.7. The first-order valence-electron chi connectivity index (χ1n) is 4.85. The van der Waals surface area contributed by atoms with Crippen LogP contribution in [0.3, 0.4) is 0 Å². The van der Waals surface area contributed by atoms with Gasteiger partial charge in [-0.1, -0.05) is 0 Å². The van der Waals surface area contributed by atoms with Crippen molar-refractivity contribution < 1.29 is 23.9 Å². The maximum atomic E-state index is 13.2. The summed E-state index contributed by atoms with van der Waals surface area (Å²) in [6.45, 7) is -0.535. The molecular weight excluding hydrogens is 269 g/mol. The lowest BCUT2D eigenvalue weighted by molar-refractivity contribution is -0.0528. The first kappa shape index (κ1) is 13.2. The highest BCUT2D eigenvalue weighted by Crippen LogP contribution is 2.31. The van der Waals surface area contributed by atoms with Crippen LogP contribution in [-0.4, -0.2) is 41.8 Å². The zero-order chi connectivity index (χ0) is 13.4. The molecule has 2 rings (SSSR count). The van der Waals surface area contributed by atoms with Gasteiger partial charge < -0.3 is 15.9 Å². The Balaban J connectivity index is 2.39. The van der Waals surface area contributed by atoms with E-state index < -0.39 is 52.2 Å². The van der Waals surface area contributed by atoms with Crippen molar-refractivity contribution in [2.24, 2.45) is 0 Å². The Labute approximate surface area is 103 Å². The monoisotopic (exact) mass is 280 g/mol. The van der Waals surface area contributed by atoms with Crippen molar-refractivity contribution >= 4 is 17.0 Å². The molecule has 0 bridgehead atoms. The van der Waals surface area contributed by atoms with Crippen LogP contribution in [0.2, 0.25) is 0 Å². The average molecular weight is 280 g/mol. The number of aliphatic hydroxyl groups excluding tert-OH is 2. The lowest BCUT2D eigenvalue weighted by atomic mass is 10.5. The van der Waals surface area contributed by atoms with Crippen molar-refractivity contribution in [2.45, 2.75) is 17.1 Å². The molecule has 18 heavy (non-hydrogen) atoms. The van der Waals surface area contributed by atoms with Gasteiger partial charge in [0.25, 0.3) is 10.9 Å².